The molecule has 0 aliphatic carbocycles. The molecule has 0 atom stereocenters. The van der Waals surface area contributed by atoms with Crippen molar-refractivity contribution in [2.75, 3.05) is 18.0 Å². The number of rotatable bonds is 5. The lowest BCUT2D eigenvalue weighted by Gasteiger charge is -2.31. The fraction of sp³-hybridized carbons (Fsp3) is 0.250. The Kier molecular flexibility index (Phi) is 6.15. The summed E-state index contributed by atoms with van der Waals surface area (Å²) < 4.78 is 52.7. The van der Waals surface area contributed by atoms with Gasteiger partial charge in [0.2, 0.25) is 0 Å². The van der Waals surface area contributed by atoms with Gasteiger partial charge in [-0.3, -0.25) is 10.1 Å². The van der Waals surface area contributed by atoms with Crippen LogP contribution in [0.4, 0.5) is 19.6 Å². The summed E-state index contributed by atoms with van der Waals surface area (Å²) in [5, 5.41) is 12.7. The summed E-state index contributed by atoms with van der Waals surface area (Å²) in [6.45, 7) is 0.842. The number of sulfone groups is 1. The number of benzene rings is 2. The summed E-state index contributed by atoms with van der Waals surface area (Å²) in [6.07, 6.45) is 0.637. The van der Waals surface area contributed by atoms with Gasteiger partial charge >= 0.3 is 0 Å². The number of hydrogen-bond donors (Lipinski definition) is 0. The Hall–Kier alpha value is -2.63. The minimum atomic E-state index is -3.77. The first-order chi connectivity index (χ1) is 15.2. The summed E-state index contributed by atoms with van der Waals surface area (Å²) in [5.41, 5.74) is 0.512. The number of piperidine rings is 1. The van der Waals surface area contributed by atoms with Crippen LogP contribution in [0.2, 0.25) is 5.02 Å². The van der Waals surface area contributed by atoms with Crippen molar-refractivity contribution in [2.24, 2.45) is 0 Å². The Morgan fingerprint density at radius 1 is 1.12 bits per heavy atom. The molecule has 7 nitrogen and oxygen atoms in total. The normalized spacial score (nSPS) is 15.2. The van der Waals surface area contributed by atoms with E-state index in [0.717, 1.165) is 18.2 Å². The van der Waals surface area contributed by atoms with Crippen LogP contribution in [-0.4, -0.2) is 36.7 Å². The first kappa shape index (κ1) is 22.6. The highest BCUT2D eigenvalue weighted by molar-refractivity contribution is 7.92. The Bertz CT molecular complexity index is 1290. The molecule has 12 heteroatoms. The maximum absolute atomic E-state index is 13.5. The molecule has 1 fully saturated rings. The van der Waals surface area contributed by atoms with Crippen molar-refractivity contribution in [2.45, 2.75) is 23.0 Å². The average Bonchev–Trinajstić information content (AvgIpc) is 3.26. The topological polar surface area (TPSA) is 93.4 Å². The Labute approximate surface area is 191 Å². The van der Waals surface area contributed by atoms with Crippen LogP contribution in [0.15, 0.2) is 46.7 Å². The summed E-state index contributed by atoms with van der Waals surface area (Å²) in [6, 6.07) is 7.07. The zero-order valence-electron chi connectivity index (χ0n) is 16.4. The lowest BCUT2D eigenvalue weighted by molar-refractivity contribution is -0.384. The van der Waals surface area contributed by atoms with E-state index < -0.39 is 37.3 Å². The molecular formula is C20H16ClF2N3O4S2. The van der Waals surface area contributed by atoms with E-state index in [-0.39, 0.29) is 9.92 Å². The second-order valence-corrected chi connectivity index (χ2v) is 10.7. The van der Waals surface area contributed by atoms with Gasteiger partial charge in [-0.15, -0.1) is 11.3 Å². The molecule has 32 heavy (non-hydrogen) atoms. The number of hydrogen-bond acceptors (Lipinski definition) is 7. The van der Waals surface area contributed by atoms with Crippen molar-refractivity contribution in [3.8, 4) is 11.3 Å². The predicted molar refractivity (Wildman–Crippen MR) is 118 cm³/mol. The van der Waals surface area contributed by atoms with Gasteiger partial charge in [0.15, 0.2) is 26.6 Å². The Balaban J connectivity index is 1.47. The molecule has 1 aromatic heterocycles. The maximum atomic E-state index is 13.5. The van der Waals surface area contributed by atoms with Gasteiger partial charge in [0.05, 0.1) is 20.8 Å². The zero-order valence-corrected chi connectivity index (χ0v) is 18.8. The molecule has 1 aliphatic heterocycles. The van der Waals surface area contributed by atoms with E-state index in [1.807, 2.05) is 4.90 Å². The van der Waals surface area contributed by atoms with E-state index in [2.05, 4.69) is 4.98 Å². The molecule has 1 aliphatic rings. The van der Waals surface area contributed by atoms with Gasteiger partial charge in [-0.25, -0.2) is 22.2 Å². The van der Waals surface area contributed by atoms with E-state index in [4.69, 9.17) is 11.6 Å². The highest BCUT2D eigenvalue weighted by Crippen LogP contribution is 2.34. The largest absolute Gasteiger partial charge is 0.348 e. The number of aromatic nitrogens is 1. The smallest absolute Gasteiger partial charge is 0.289 e. The summed E-state index contributed by atoms with van der Waals surface area (Å²) in [4.78, 5) is 16.7. The summed E-state index contributed by atoms with van der Waals surface area (Å²) in [5.74, 6) is -1.89. The van der Waals surface area contributed by atoms with Crippen LogP contribution in [0, 0.1) is 21.7 Å². The molecule has 1 saturated heterocycles. The summed E-state index contributed by atoms with van der Waals surface area (Å²) >= 11 is 7.12. The van der Waals surface area contributed by atoms with Crippen LogP contribution in [-0.2, 0) is 9.84 Å². The maximum Gasteiger partial charge on any atom is 0.289 e. The van der Waals surface area contributed by atoms with Gasteiger partial charge in [-0.05, 0) is 43.2 Å². The van der Waals surface area contributed by atoms with E-state index >= 15 is 0 Å². The molecule has 0 amide bonds. The molecular weight excluding hydrogens is 484 g/mol. The monoisotopic (exact) mass is 499 g/mol. The number of halogens is 3. The third-order valence-corrected chi connectivity index (χ3v) is 8.78. The van der Waals surface area contributed by atoms with Crippen molar-refractivity contribution in [3.63, 3.8) is 0 Å². The quantitative estimate of drug-likeness (QED) is 0.358. The van der Waals surface area contributed by atoms with Gasteiger partial charge < -0.3 is 4.90 Å². The standard InChI is InChI=1S/C20H16ClF2N3O4S2/c21-15-3-2-14(10-19(15)26(27)28)32(29,30)13-5-7-25(8-6-13)20-24-18(11-31-20)12-1-4-16(22)17(23)9-12/h1-4,9-11,13H,5-8H2. The number of nitrogens with zero attached hydrogens (tertiary/aromatic N) is 3. The lowest BCUT2D eigenvalue weighted by atomic mass is 10.1. The van der Waals surface area contributed by atoms with Crippen LogP contribution < -0.4 is 4.90 Å². The van der Waals surface area contributed by atoms with Crippen LogP contribution >= 0.6 is 22.9 Å². The number of thiazole rings is 1. The highest BCUT2D eigenvalue weighted by Gasteiger charge is 2.33. The number of anilines is 1. The van der Waals surface area contributed by atoms with Crippen molar-refractivity contribution in [1.82, 2.24) is 4.98 Å². The van der Waals surface area contributed by atoms with Crippen LogP contribution in [0.1, 0.15) is 12.8 Å². The molecule has 0 bridgehead atoms. The third kappa shape index (κ3) is 4.32. The predicted octanol–water partition coefficient (Wildman–Crippen LogP) is 5.09. The highest BCUT2D eigenvalue weighted by atomic mass is 35.5. The molecule has 168 valence electrons. The van der Waals surface area contributed by atoms with Crippen molar-refractivity contribution < 1.29 is 22.1 Å². The molecule has 0 N–H and O–H groups in total. The molecule has 0 saturated carbocycles. The molecule has 2 aromatic carbocycles. The second-order valence-electron chi connectivity index (χ2n) is 7.25. The van der Waals surface area contributed by atoms with Crippen molar-refractivity contribution in [1.29, 1.82) is 0 Å². The van der Waals surface area contributed by atoms with E-state index in [1.165, 1.54) is 29.5 Å². The van der Waals surface area contributed by atoms with Crippen molar-refractivity contribution >= 4 is 43.6 Å². The first-order valence-corrected chi connectivity index (χ1v) is 12.3. The minimum Gasteiger partial charge on any atom is -0.348 e. The zero-order chi connectivity index (χ0) is 23.0. The van der Waals surface area contributed by atoms with E-state index in [1.54, 1.807) is 5.38 Å². The van der Waals surface area contributed by atoms with Gasteiger partial charge in [0, 0.05) is 30.1 Å². The summed E-state index contributed by atoms with van der Waals surface area (Å²) in [7, 11) is -3.77. The third-order valence-electron chi connectivity index (χ3n) is 5.30. The van der Waals surface area contributed by atoms with Crippen LogP contribution in [0.25, 0.3) is 11.3 Å². The molecule has 0 spiro atoms. The second kappa shape index (κ2) is 8.72. The molecule has 0 radical (unpaired) electrons. The fourth-order valence-corrected chi connectivity index (χ4v) is 6.38. The van der Waals surface area contributed by atoms with Gasteiger partial charge in [0.1, 0.15) is 5.02 Å². The Morgan fingerprint density at radius 2 is 1.84 bits per heavy atom. The first-order valence-electron chi connectivity index (χ1n) is 9.50. The molecule has 4 rings (SSSR count). The number of nitro groups is 1. The number of nitro benzene ring substituents is 1. The minimum absolute atomic E-state index is 0.121. The molecule has 2 heterocycles. The van der Waals surface area contributed by atoms with E-state index in [9.17, 15) is 27.3 Å². The molecule has 3 aromatic rings. The lowest BCUT2D eigenvalue weighted by Crippen LogP contribution is -2.39. The van der Waals surface area contributed by atoms with Crippen LogP contribution in [0.5, 0.6) is 0 Å². The Morgan fingerprint density at radius 3 is 2.50 bits per heavy atom. The molecule has 0 unspecified atom stereocenters. The van der Waals surface area contributed by atoms with Gasteiger partial charge in [-0.2, -0.15) is 0 Å². The van der Waals surface area contributed by atoms with E-state index in [0.29, 0.717) is 42.3 Å². The van der Waals surface area contributed by atoms with Crippen LogP contribution in [0.3, 0.4) is 0 Å². The van der Waals surface area contributed by atoms with Gasteiger partial charge in [0.25, 0.3) is 5.69 Å². The fourth-order valence-electron chi connectivity index (χ4n) is 3.56. The van der Waals surface area contributed by atoms with Crippen molar-refractivity contribution in [3.05, 3.63) is 68.5 Å². The average molecular weight is 500 g/mol. The SMILES string of the molecule is O=[N+]([O-])c1cc(S(=O)(=O)C2CCN(c3nc(-c4ccc(F)c(F)c4)cs3)CC2)ccc1Cl. The van der Waals surface area contributed by atoms with Gasteiger partial charge in [-0.1, -0.05) is 11.6 Å².